The van der Waals surface area contributed by atoms with Gasteiger partial charge in [0.05, 0.1) is 18.5 Å². The molecule has 1 heterocycles. The summed E-state index contributed by atoms with van der Waals surface area (Å²) in [5.41, 5.74) is 6.12. The molecule has 0 aliphatic rings. The van der Waals surface area contributed by atoms with E-state index in [1.165, 1.54) is 11.3 Å². The van der Waals surface area contributed by atoms with E-state index >= 15 is 0 Å². The second kappa shape index (κ2) is 10.2. The standard InChI is InChI=1S/C29H23N3O2S/c1-34-27-13-6-5-12-25(27)31-29-32-26(19-35-29)23-10-7-11-24(18-23)30-28(33)22-16-14-21(15-17-22)20-8-3-2-4-9-20/h2-19H,1H3,(H,30,33)(H,31,32). The van der Waals surface area contributed by atoms with Crippen LogP contribution in [0.3, 0.4) is 0 Å². The molecular weight excluding hydrogens is 454 g/mol. The van der Waals surface area contributed by atoms with Crippen molar-refractivity contribution in [2.24, 2.45) is 0 Å². The average Bonchev–Trinajstić information content (AvgIpc) is 3.38. The van der Waals surface area contributed by atoms with Crippen molar-refractivity contribution in [1.82, 2.24) is 4.98 Å². The van der Waals surface area contributed by atoms with Gasteiger partial charge in [0.25, 0.3) is 5.91 Å². The molecule has 1 aromatic heterocycles. The van der Waals surface area contributed by atoms with Crippen LogP contribution in [-0.2, 0) is 0 Å². The van der Waals surface area contributed by atoms with Crippen LogP contribution in [0, 0.1) is 0 Å². The number of thiazole rings is 1. The molecule has 172 valence electrons. The number of carbonyl (C=O) groups excluding carboxylic acids is 1. The first kappa shape index (κ1) is 22.4. The van der Waals surface area contributed by atoms with Crippen molar-refractivity contribution < 1.29 is 9.53 Å². The summed E-state index contributed by atoms with van der Waals surface area (Å²) in [6.45, 7) is 0. The smallest absolute Gasteiger partial charge is 0.255 e. The topological polar surface area (TPSA) is 63.2 Å². The Balaban J connectivity index is 1.28. The van der Waals surface area contributed by atoms with Gasteiger partial charge in [-0.1, -0.05) is 66.7 Å². The van der Waals surface area contributed by atoms with Crippen LogP contribution in [0.15, 0.2) is 109 Å². The first-order valence-corrected chi connectivity index (χ1v) is 12.0. The largest absolute Gasteiger partial charge is 0.495 e. The Hall–Kier alpha value is -4.42. The van der Waals surface area contributed by atoms with Crippen LogP contribution in [0.1, 0.15) is 10.4 Å². The first-order chi connectivity index (χ1) is 17.2. The van der Waals surface area contributed by atoms with E-state index in [1.54, 1.807) is 7.11 Å². The number of anilines is 3. The summed E-state index contributed by atoms with van der Waals surface area (Å²) in [6, 6.07) is 33.1. The lowest BCUT2D eigenvalue weighted by Gasteiger charge is -2.08. The third kappa shape index (κ3) is 5.23. The predicted octanol–water partition coefficient (Wildman–Crippen LogP) is 7.48. The molecule has 35 heavy (non-hydrogen) atoms. The van der Waals surface area contributed by atoms with Crippen molar-refractivity contribution in [2.75, 3.05) is 17.7 Å². The van der Waals surface area contributed by atoms with Gasteiger partial charge in [-0.15, -0.1) is 11.3 Å². The number of amides is 1. The lowest BCUT2D eigenvalue weighted by atomic mass is 10.0. The number of nitrogens with zero attached hydrogens (tertiary/aromatic N) is 1. The molecule has 0 unspecified atom stereocenters. The molecule has 0 radical (unpaired) electrons. The number of aromatic nitrogens is 1. The van der Waals surface area contributed by atoms with E-state index in [-0.39, 0.29) is 5.91 Å². The average molecular weight is 478 g/mol. The molecule has 4 aromatic carbocycles. The summed E-state index contributed by atoms with van der Waals surface area (Å²) in [7, 11) is 1.64. The molecule has 2 N–H and O–H groups in total. The van der Waals surface area contributed by atoms with Gasteiger partial charge < -0.3 is 15.4 Å². The Morgan fingerprint density at radius 3 is 2.31 bits per heavy atom. The number of carbonyl (C=O) groups is 1. The quantitative estimate of drug-likeness (QED) is 0.255. The third-order valence-corrected chi connectivity index (χ3v) is 6.28. The Kier molecular flexibility index (Phi) is 6.55. The first-order valence-electron chi connectivity index (χ1n) is 11.1. The Labute approximate surface area is 208 Å². The maximum atomic E-state index is 12.8. The van der Waals surface area contributed by atoms with Crippen LogP contribution < -0.4 is 15.4 Å². The number of nitrogens with one attached hydrogen (secondary N) is 2. The van der Waals surface area contributed by atoms with E-state index in [1.807, 2.05) is 96.4 Å². The highest BCUT2D eigenvalue weighted by Gasteiger charge is 2.10. The molecule has 5 aromatic rings. The van der Waals surface area contributed by atoms with E-state index in [9.17, 15) is 4.79 Å². The second-order valence-corrected chi connectivity index (χ2v) is 8.70. The second-order valence-electron chi connectivity index (χ2n) is 7.84. The molecule has 0 saturated carbocycles. The molecule has 5 nitrogen and oxygen atoms in total. The molecule has 0 atom stereocenters. The zero-order chi connectivity index (χ0) is 24.0. The zero-order valence-electron chi connectivity index (χ0n) is 19.1. The molecular formula is C29H23N3O2S. The summed E-state index contributed by atoms with van der Waals surface area (Å²) in [4.78, 5) is 17.5. The van der Waals surface area contributed by atoms with Gasteiger partial charge in [0.2, 0.25) is 0 Å². The lowest BCUT2D eigenvalue weighted by molar-refractivity contribution is 0.102. The highest BCUT2D eigenvalue weighted by Crippen LogP contribution is 2.32. The summed E-state index contributed by atoms with van der Waals surface area (Å²) in [5, 5.41) is 9.05. The number of methoxy groups -OCH3 is 1. The fraction of sp³-hybridized carbons (Fsp3) is 0.0345. The molecule has 0 aliphatic heterocycles. The summed E-state index contributed by atoms with van der Waals surface area (Å²) in [5.74, 6) is 0.601. The summed E-state index contributed by atoms with van der Waals surface area (Å²) >= 11 is 1.51. The number of rotatable bonds is 7. The highest BCUT2D eigenvalue weighted by atomic mass is 32.1. The highest BCUT2D eigenvalue weighted by molar-refractivity contribution is 7.14. The maximum Gasteiger partial charge on any atom is 0.255 e. The van der Waals surface area contributed by atoms with Crippen molar-refractivity contribution in [3.05, 3.63) is 114 Å². The molecule has 0 spiro atoms. The van der Waals surface area contributed by atoms with Crippen LogP contribution in [-0.4, -0.2) is 18.0 Å². The van der Waals surface area contributed by atoms with Crippen LogP contribution in [0.25, 0.3) is 22.4 Å². The normalized spacial score (nSPS) is 10.5. The van der Waals surface area contributed by atoms with Gasteiger partial charge in [-0.25, -0.2) is 4.98 Å². The summed E-state index contributed by atoms with van der Waals surface area (Å²) in [6.07, 6.45) is 0. The predicted molar refractivity (Wildman–Crippen MR) is 144 cm³/mol. The minimum Gasteiger partial charge on any atom is -0.495 e. The number of para-hydroxylation sites is 2. The maximum absolute atomic E-state index is 12.8. The molecule has 0 saturated heterocycles. The minimum absolute atomic E-state index is 0.154. The summed E-state index contributed by atoms with van der Waals surface area (Å²) < 4.78 is 5.40. The number of benzene rings is 4. The Bertz CT molecular complexity index is 1450. The van der Waals surface area contributed by atoms with Gasteiger partial charge in [-0.05, 0) is 47.5 Å². The molecule has 0 bridgehead atoms. The lowest BCUT2D eigenvalue weighted by Crippen LogP contribution is -2.11. The van der Waals surface area contributed by atoms with Crippen LogP contribution in [0.2, 0.25) is 0 Å². The van der Waals surface area contributed by atoms with Gasteiger partial charge in [-0.3, -0.25) is 4.79 Å². The molecule has 1 amide bonds. The third-order valence-electron chi connectivity index (χ3n) is 5.52. The monoisotopic (exact) mass is 477 g/mol. The van der Waals surface area contributed by atoms with E-state index in [0.29, 0.717) is 11.3 Å². The molecule has 0 fully saturated rings. The molecule has 0 aliphatic carbocycles. The van der Waals surface area contributed by atoms with Crippen molar-refractivity contribution >= 4 is 33.8 Å². The van der Waals surface area contributed by atoms with Gasteiger partial charge in [-0.2, -0.15) is 0 Å². The van der Waals surface area contributed by atoms with E-state index < -0.39 is 0 Å². The van der Waals surface area contributed by atoms with Gasteiger partial charge in [0.15, 0.2) is 5.13 Å². The Morgan fingerprint density at radius 1 is 0.800 bits per heavy atom. The van der Waals surface area contributed by atoms with E-state index in [4.69, 9.17) is 9.72 Å². The number of ether oxygens (including phenoxy) is 1. The molecule has 6 heteroatoms. The van der Waals surface area contributed by atoms with Gasteiger partial charge >= 0.3 is 0 Å². The van der Waals surface area contributed by atoms with E-state index in [0.717, 1.165) is 39.0 Å². The number of hydrogen-bond acceptors (Lipinski definition) is 5. The van der Waals surface area contributed by atoms with Crippen LogP contribution in [0.4, 0.5) is 16.5 Å². The van der Waals surface area contributed by atoms with Gasteiger partial charge in [0, 0.05) is 22.2 Å². The fourth-order valence-electron chi connectivity index (χ4n) is 3.73. The minimum atomic E-state index is -0.154. The molecule has 5 rings (SSSR count). The van der Waals surface area contributed by atoms with Crippen molar-refractivity contribution in [2.45, 2.75) is 0 Å². The zero-order valence-corrected chi connectivity index (χ0v) is 19.9. The van der Waals surface area contributed by atoms with Crippen LogP contribution in [0.5, 0.6) is 5.75 Å². The fourth-order valence-corrected chi connectivity index (χ4v) is 4.46. The van der Waals surface area contributed by atoms with Crippen molar-refractivity contribution in [3.63, 3.8) is 0 Å². The SMILES string of the molecule is COc1ccccc1Nc1nc(-c2cccc(NC(=O)c3ccc(-c4ccccc4)cc3)c2)cs1. The van der Waals surface area contributed by atoms with Gasteiger partial charge in [0.1, 0.15) is 5.75 Å². The van der Waals surface area contributed by atoms with E-state index in [2.05, 4.69) is 22.8 Å². The number of hydrogen-bond donors (Lipinski definition) is 2. The van der Waals surface area contributed by atoms with Crippen LogP contribution >= 0.6 is 11.3 Å². The van der Waals surface area contributed by atoms with Crippen molar-refractivity contribution in [3.8, 4) is 28.1 Å². The Morgan fingerprint density at radius 2 is 1.51 bits per heavy atom. The van der Waals surface area contributed by atoms with Crippen molar-refractivity contribution in [1.29, 1.82) is 0 Å².